The van der Waals surface area contributed by atoms with Crippen molar-refractivity contribution in [3.8, 4) is 5.75 Å². The minimum absolute atomic E-state index is 0.164. The van der Waals surface area contributed by atoms with Crippen LogP contribution in [-0.4, -0.2) is 31.0 Å². The number of amides is 2. The number of ether oxygens (including phenoxy) is 1. The number of hydrogen-bond donors (Lipinski definition) is 3. The lowest BCUT2D eigenvalue weighted by Crippen LogP contribution is -2.36. The van der Waals surface area contributed by atoms with Gasteiger partial charge in [-0.2, -0.15) is 0 Å². The lowest BCUT2D eigenvalue weighted by atomic mass is 10.0. The predicted octanol–water partition coefficient (Wildman–Crippen LogP) is 7.03. The molecule has 1 atom stereocenters. The molecule has 37 heavy (non-hydrogen) atoms. The van der Waals surface area contributed by atoms with Crippen LogP contribution in [0.1, 0.15) is 46.0 Å². The molecule has 0 radical (unpaired) electrons. The van der Waals surface area contributed by atoms with Gasteiger partial charge in [-0.05, 0) is 67.8 Å². The maximum Gasteiger partial charge on any atom is 0.258 e. The first kappa shape index (κ1) is 29.1. The third-order valence-electron chi connectivity index (χ3n) is 5.57. The van der Waals surface area contributed by atoms with E-state index in [-0.39, 0.29) is 43.2 Å². The highest BCUT2D eigenvalue weighted by atomic mass is 35.5. The number of halogens is 4. The van der Waals surface area contributed by atoms with E-state index in [4.69, 9.17) is 56.9 Å². The van der Waals surface area contributed by atoms with E-state index in [0.717, 1.165) is 5.56 Å². The molecule has 0 heterocycles. The minimum Gasteiger partial charge on any atom is -0.493 e. The number of carbonyl (C=O) groups excluding carboxylic acids is 2. The summed E-state index contributed by atoms with van der Waals surface area (Å²) in [6.07, 6.45) is 1.95. The van der Waals surface area contributed by atoms with Crippen molar-refractivity contribution < 1.29 is 14.3 Å². The topological polar surface area (TPSA) is 93.5 Å². The van der Waals surface area contributed by atoms with Crippen molar-refractivity contribution >= 4 is 63.9 Å². The monoisotopic (exact) mass is 581 g/mol. The molecule has 6 nitrogen and oxygen atoms in total. The van der Waals surface area contributed by atoms with Crippen LogP contribution in [0.2, 0.25) is 20.1 Å². The summed E-state index contributed by atoms with van der Waals surface area (Å²) in [7, 11) is 0. The Hall–Kier alpha value is -2.48. The maximum atomic E-state index is 13.0. The molecule has 3 aromatic rings. The van der Waals surface area contributed by atoms with Crippen molar-refractivity contribution in [2.45, 2.75) is 32.2 Å². The maximum absolute atomic E-state index is 13.0. The molecule has 0 spiro atoms. The summed E-state index contributed by atoms with van der Waals surface area (Å²) in [5, 5.41) is 6.77. The molecular weight excluding hydrogens is 556 g/mol. The first-order chi connectivity index (χ1) is 17.7. The Bertz CT molecular complexity index is 1210. The zero-order valence-electron chi connectivity index (χ0n) is 20.1. The first-order valence-electron chi connectivity index (χ1n) is 11.7. The zero-order chi connectivity index (χ0) is 26.9. The van der Waals surface area contributed by atoms with Gasteiger partial charge in [0.25, 0.3) is 11.8 Å². The molecule has 10 heteroatoms. The molecule has 0 saturated carbocycles. The molecule has 2 amide bonds. The molecule has 0 aliphatic heterocycles. The molecule has 0 aliphatic rings. The quantitative estimate of drug-likeness (QED) is 0.211. The third-order valence-corrected chi connectivity index (χ3v) is 6.80. The second-order valence-electron chi connectivity index (χ2n) is 8.28. The van der Waals surface area contributed by atoms with Gasteiger partial charge in [0.15, 0.2) is 0 Å². The summed E-state index contributed by atoms with van der Waals surface area (Å²) in [4.78, 5) is 25.6. The highest BCUT2D eigenvalue weighted by molar-refractivity contribution is 6.40. The fraction of sp³-hybridized carbons (Fsp3) is 0.259. The Morgan fingerprint density at radius 1 is 0.892 bits per heavy atom. The summed E-state index contributed by atoms with van der Waals surface area (Å²) >= 11 is 24.9. The predicted molar refractivity (Wildman–Crippen MR) is 152 cm³/mol. The van der Waals surface area contributed by atoms with E-state index in [1.165, 1.54) is 0 Å². The van der Waals surface area contributed by atoms with Crippen LogP contribution in [0, 0.1) is 0 Å². The smallest absolute Gasteiger partial charge is 0.258 e. The van der Waals surface area contributed by atoms with Gasteiger partial charge in [0, 0.05) is 11.7 Å². The standard InChI is InChI=1S/C27H27Cl4N3O3/c1-2-17(33-27(36)25-22(30)14-19(15-23(25)31)37-12-4-11-32)13-16-7-9-18(10-8-16)34-26(35)24-20(28)5-3-6-21(24)29/h3,5-10,14-15,17H,2,4,11-13,32H2,1H3,(H,33,36)(H,34,35). The molecule has 0 aromatic heterocycles. The minimum atomic E-state index is -0.397. The molecule has 196 valence electrons. The molecule has 3 aromatic carbocycles. The second-order valence-corrected chi connectivity index (χ2v) is 9.91. The van der Waals surface area contributed by atoms with Gasteiger partial charge in [-0.3, -0.25) is 9.59 Å². The second kappa shape index (κ2) is 13.9. The van der Waals surface area contributed by atoms with Gasteiger partial charge in [-0.25, -0.2) is 0 Å². The van der Waals surface area contributed by atoms with Gasteiger partial charge < -0.3 is 21.1 Å². The Kier molecular flexibility index (Phi) is 10.9. The number of benzene rings is 3. The first-order valence-corrected chi connectivity index (χ1v) is 13.2. The molecule has 0 bridgehead atoms. The normalized spacial score (nSPS) is 11.6. The largest absolute Gasteiger partial charge is 0.493 e. The molecular formula is C27H27Cl4N3O3. The number of hydrogen-bond acceptors (Lipinski definition) is 4. The van der Waals surface area contributed by atoms with E-state index in [2.05, 4.69) is 10.6 Å². The zero-order valence-corrected chi connectivity index (χ0v) is 23.1. The van der Waals surface area contributed by atoms with Crippen LogP contribution in [0.15, 0.2) is 54.6 Å². The van der Waals surface area contributed by atoms with Crippen LogP contribution >= 0.6 is 46.4 Å². The van der Waals surface area contributed by atoms with E-state index in [1.807, 2.05) is 19.1 Å². The highest BCUT2D eigenvalue weighted by Crippen LogP contribution is 2.31. The molecule has 3 rings (SSSR count). The summed E-state index contributed by atoms with van der Waals surface area (Å²) < 4.78 is 5.57. The summed E-state index contributed by atoms with van der Waals surface area (Å²) in [6.45, 7) is 2.92. The molecule has 0 saturated heterocycles. The van der Waals surface area contributed by atoms with Gasteiger partial charge in [0.1, 0.15) is 5.75 Å². The Morgan fingerprint density at radius 3 is 2.05 bits per heavy atom. The average Bonchev–Trinajstić information content (AvgIpc) is 2.84. The number of rotatable bonds is 11. The van der Waals surface area contributed by atoms with E-state index in [1.54, 1.807) is 42.5 Å². The van der Waals surface area contributed by atoms with Gasteiger partial charge in [0.2, 0.25) is 0 Å². The lowest BCUT2D eigenvalue weighted by molar-refractivity contribution is 0.0935. The van der Waals surface area contributed by atoms with E-state index < -0.39 is 5.91 Å². The van der Waals surface area contributed by atoms with Crippen molar-refractivity contribution in [2.75, 3.05) is 18.5 Å². The fourth-order valence-corrected chi connectivity index (χ4v) is 4.80. The number of anilines is 1. The molecule has 1 unspecified atom stereocenters. The van der Waals surface area contributed by atoms with Crippen LogP contribution in [0.4, 0.5) is 5.69 Å². The van der Waals surface area contributed by atoms with Crippen molar-refractivity contribution in [1.29, 1.82) is 0 Å². The van der Waals surface area contributed by atoms with Gasteiger partial charge in [0.05, 0.1) is 37.8 Å². The summed E-state index contributed by atoms with van der Waals surface area (Å²) in [5.74, 6) is -0.279. The number of nitrogens with one attached hydrogen (secondary N) is 2. The Labute approximate surface area is 236 Å². The molecule has 0 aliphatic carbocycles. The lowest BCUT2D eigenvalue weighted by Gasteiger charge is -2.19. The van der Waals surface area contributed by atoms with Crippen LogP contribution < -0.4 is 21.1 Å². The van der Waals surface area contributed by atoms with E-state index in [9.17, 15) is 9.59 Å². The number of nitrogens with two attached hydrogens (primary N) is 1. The van der Waals surface area contributed by atoms with Gasteiger partial charge in [-0.15, -0.1) is 0 Å². The SMILES string of the molecule is CCC(Cc1ccc(NC(=O)c2c(Cl)cccc2Cl)cc1)NC(=O)c1c(Cl)cc(OCCCN)cc1Cl. The van der Waals surface area contributed by atoms with Crippen LogP contribution in [0.3, 0.4) is 0 Å². The Balaban J connectivity index is 1.63. The average molecular weight is 583 g/mol. The Morgan fingerprint density at radius 2 is 1.49 bits per heavy atom. The number of carbonyl (C=O) groups is 2. The van der Waals surface area contributed by atoms with Crippen molar-refractivity contribution in [3.05, 3.63) is 91.4 Å². The van der Waals surface area contributed by atoms with Gasteiger partial charge >= 0.3 is 0 Å². The van der Waals surface area contributed by atoms with Crippen LogP contribution in [0.25, 0.3) is 0 Å². The van der Waals surface area contributed by atoms with Gasteiger partial charge in [-0.1, -0.05) is 71.5 Å². The van der Waals surface area contributed by atoms with E-state index in [0.29, 0.717) is 43.9 Å². The third kappa shape index (κ3) is 8.00. The fourth-order valence-electron chi connectivity index (χ4n) is 3.60. The van der Waals surface area contributed by atoms with Crippen LogP contribution in [0.5, 0.6) is 5.75 Å². The summed E-state index contributed by atoms with van der Waals surface area (Å²) in [6, 6.07) is 15.2. The van der Waals surface area contributed by atoms with Crippen molar-refractivity contribution in [1.82, 2.24) is 5.32 Å². The molecule has 0 fully saturated rings. The van der Waals surface area contributed by atoms with Crippen LogP contribution in [-0.2, 0) is 6.42 Å². The highest BCUT2D eigenvalue weighted by Gasteiger charge is 2.20. The van der Waals surface area contributed by atoms with Crippen molar-refractivity contribution in [3.63, 3.8) is 0 Å². The molecule has 4 N–H and O–H groups in total. The van der Waals surface area contributed by atoms with Crippen molar-refractivity contribution in [2.24, 2.45) is 5.73 Å². The van der Waals surface area contributed by atoms with E-state index >= 15 is 0 Å². The summed E-state index contributed by atoms with van der Waals surface area (Å²) in [5.41, 5.74) is 7.46.